The third-order valence-corrected chi connectivity index (χ3v) is 12.2. The summed E-state index contributed by atoms with van der Waals surface area (Å²) in [4.78, 5) is 7.17. The Bertz CT molecular complexity index is 2230. The van der Waals surface area contributed by atoms with Gasteiger partial charge in [0.25, 0.3) is 0 Å². The van der Waals surface area contributed by atoms with Gasteiger partial charge in [-0.05, 0) is 42.5 Å². The molecule has 0 bridgehead atoms. The molecule has 0 unspecified atom stereocenters. The number of hydrogen-bond acceptors (Lipinski definition) is 9. The molecule has 1 atom stereocenters. The smallest absolute Gasteiger partial charge is 0.177 e. The van der Waals surface area contributed by atoms with Gasteiger partial charge in [-0.2, -0.15) is 0 Å². The highest BCUT2D eigenvalue weighted by Crippen LogP contribution is 2.46. The summed E-state index contributed by atoms with van der Waals surface area (Å²) in [7, 11) is 13.1. The van der Waals surface area contributed by atoms with Crippen LogP contribution in [0.4, 0.5) is 5.69 Å². The van der Waals surface area contributed by atoms with E-state index in [2.05, 4.69) is 27.0 Å². The number of benzene rings is 2. The lowest BCUT2D eigenvalue weighted by atomic mass is 9.41. The van der Waals surface area contributed by atoms with Crippen molar-refractivity contribution in [3.8, 4) is 11.3 Å². The number of fused-ring (bicyclic) bond motifs is 3. The molecule has 6 radical (unpaired) electrons. The van der Waals surface area contributed by atoms with Crippen LogP contribution in [0.5, 0.6) is 0 Å². The molecule has 2 aliphatic heterocycles. The van der Waals surface area contributed by atoms with Crippen LogP contribution in [0.3, 0.4) is 0 Å². The van der Waals surface area contributed by atoms with Gasteiger partial charge in [-0.25, -0.2) is 21.5 Å². The molecule has 5 aromatic rings. The Labute approximate surface area is 284 Å². The maximum absolute atomic E-state index is 13.6. The number of pyridine rings is 1. The number of hydrogen-bond donors (Lipinski definition) is 0. The number of rotatable bonds is 7. The fourth-order valence-electron chi connectivity index (χ4n) is 7.20. The molecule has 0 saturated carbocycles. The van der Waals surface area contributed by atoms with Gasteiger partial charge < -0.3 is 14.2 Å². The molecular formula is C32H33B3N6O5S2. The quantitative estimate of drug-likeness (QED) is 0.238. The number of ether oxygens (including phenoxy) is 1. The van der Waals surface area contributed by atoms with Crippen LogP contribution in [0.2, 0.25) is 0 Å². The monoisotopic (exact) mass is 678 g/mol. The summed E-state index contributed by atoms with van der Waals surface area (Å²) >= 11 is 0. The summed E-state index contributed by atoms with van der Waals surface area (Å²) in [6.45, 7) is 1.71. The Hall–Kier alpha value is -3.62. The average molecular weight is 678 g/mol. The fourth-order valence-corrected chi connectivity index (χ4v) is 9.27. The number of aromatic nitrogens is 5. The van der Waals surface area contributed by atoms with Gasteiger partial charge in [0.15, 0.2) is 19.7 Å². The van der Waals surface area contributed by atoms with Crippen LogP contribution in [-0.2, 0) is 36.6 Å². The zero-order valence-electron chi connectivity index (χ0n) is 26.8. The molecule has 7 rings (SSSR count). The summed E-state index contributed by atoms with van der Waals surface area (Å²) in [5.41, 5.74) is 4.73. The van der Waals surface area contributed by atoms with Crippen LogP contribution in [-0.4, -0.2) is 109 Å². The normalized spacial score (nSPS) is 18.4. The molecule has 0 aliphatic carbocycles. The molecule has 2 saturated heterocycles. The molecule has 242 valence electrons. The lowest BCUT2D eigenvalue weighted by molar-refractivity contribution is 0.0552. The summed E-state index contributed by atoms with van der Waals surface area (Å²) < 4.78 is 61.5. The summed E-state index contributed by atoms with van der Waals surface area (Å²) in [6.07, 6.45) is 4.39. The van der Waals surface area contributed by atoms with Gasteiger partial charge in [0.05, 0.1) is 79.3 Å². The van der Waals surface area contributed by atoms with Crippen molar-refractivity contribution >= 4 is 70.8 Å². The highest BCUT2D eigenvalue weighted by Gasteiger charge is 2.35. The third kappa shape index (κ3) is 5.85. The Morgan fingerprint density at radius 3 is 2.35 bits per heavy atom. The predicted octanol–water partition coefficient (Wildman–Crippen LogP) is 2.26. The first kappa shape index (κ1) is 32.9. The Morgan fingerprint density at radius 2 is 1.71 bits per heavy atom. The van der Waals surface area contributed by atoms with Gasteiger partial charge in [-0.1, -0.05) is 40.7 Å². The minimum Gasteiger partial charge on any atom is -0.381 e. The summed E-state index contributed by atoms with van der Waals surface area (Å²) in [6, 6.07) is 15.1. The van der Waals surface area contributed by atoms with Crippen LogP contribution < -0.4 is 4.90 Å². The Balaban J connectivity index is 1.62. The highest BCUT2D eigenvalue weighted by molar-refractivity contribution is 7.91. The lowest BCUT2D eigenvalue weighted by Crippen LogP contribution is -2.40. The first-order valence-corrected chi connectivity index (χ1v) is 19.5. The lowest BCUT2D eigenvalue weighted by Gasteiger charge is -2.34. The van der Waals surface area contributed by atoms with Crippen molar-refractivity contribution in [2.75, 3.05) is 49.0 Å². The molecule has 48 heavy (non-hydrogen) atoms. The highest BCUT2D eigenvalue weighted by atomic mass is 32.2. The zero-order chi connectivity index (χ0) is 34.0. The van der Waals surface area contributed by atoms with E-state index < -0.39 is 24.8 Å². The van der Waals surface area contributed by atoms with E-state index in [1.165, 1.54) is 10.9 Å². The molecule has 11 nitrogen and oxygen atoms in total. The number of anilines is 1. The SMILES string of the molecule is [B]C([B])([B])c1nnn(C)c1-c1cnc2c3c(N4CCS(=O)(=O)CC4)ccc(S(C)(=O)=O)c3n([C@H](c3ccccc3)C3CCOCC3)c2c1. The fraction of sp³-hybridized carbons (Fsp3) is 0.406. The topological polar surface area (TPSA) is 129 Å². The largest absolute Gasteiger partial charge is 0.381 e. The second-order valence-corrected chi connectivity index (χ2v) is 17.1. The van der Waals surface area contributed by atoms with Crippen LogP contribution in [0, 0.1) is 5.92 Å². The standard InChI is InChI=1S/C32H33B3N6O5S2/c1-39-29(31(37-38-39)32(33,34)35)22-18-24-27(36-19-22)26-23(40-12-16-48(44,45)17-13-40)8-9-25(47(2,42)43)30(26)41(24)28(20-6-4-3-5-7-20)21-10-14-46-15-11-21/h3-9,18-19,21,28H,10-17H2,1-2H3/t28-/m1/s1. The molecular weight excluding hydrogens is 645 g/mol. The second-order valence-electron chi connectivity index (χ2n) is 12.8. The molecule has 3 aromatic heterocycles. The van der Waals surface area contributed by atoms with Crippen LogP contribution in [0.25, 0.3) is 33.2 Å². The van der Waals surface area contributed by atoms with Crippen molar-refractivity contribution in [2.24, 2.45) is 13.0 Å². The predicted molar refractivity (Wildman–Crippen MR) is 188 cm³/mol. The maximum Gasteiger partial charge on any atom is 0.177 e. The molecule has 0 amide bonds. The van der Waals surface area contributed by atoms with E-state index in [-0.39, 0.29) is 47.1 Å². The van der Waals surface area contributed by atoms with Crippen molar-refractivity contribution in [1.82, 2.24) is 24.5 Å². The van der Waals surface area contributed by atoms with Crippen molar-refractivity contribution in [1.29, 1.82) is 0 Å². The van der Waals surface area contributed by atoms with Gasteiger partial charge in [0.2, 0.25) is 0 Å². The molecule has 2 fully saturated rings. The van der Waals surface area contributed by atoms with E-state index in [0.29, 0.717) is 46.4 Å². The Morgan fingerprint density at radius 1 is 1.02 bits per heavy atom. The molecule has 5 heterocycles. The van der Waals surface area contributed by atoms with Gasteiger partial charge >= 0.3 is 0 Å². The molecule has 16 heteroatoms. The third-order valence-electron chi connectivity index (χ3n) is 9.45. The van der Waals surface area contributed by atoms with Crippen LogP contribution in [0.15, 0.2) is 59.6 Å². The van der Waals surface area contributed by atoms with Crippen molar-refractivity contribution in [3.63, 3.8) is 0 Å². The van der Waals surface area contributed by atoms with Crippen LogP contribution in [0.1, 0.15) is 30.1 Å². The van der Waals surface area contributed by atoms with Gasteiger partial charge in [0.1, 0.15) is 0 Å². The minimum atomic E-state index is -3.76. The first-order valence-electron chi connectivity index (χ1n) is 15.8. The van der Waals surface area contributed by atoms with Crippen LogP contribution >= 0.6 is 0 Å². The number of aryl methyl sites for hydroxylation is 1. The van der Waals surface area contributed by atoms with E-state index >= 15 is 0 Å². The molecule has 2 aromatic carbocycles. The minimum absolute atomic E-state index is 0.00252. The molecule has 2 aliphatic rings. The van der Waals surface area contributed by atoms with E-state index in [9.17, 15) is 16.8 Å². The zero-order valence-corrected chi connectivity index (χ0v) is 28.4. The summed E-state index contributed by atoms with van der Waals surface area (Å²) in [5, 5.41) is 7.14. The van der Waals surface area contributed by atoms with Crippen molar-refractivity contribution in [3.05, 3.63) is 66.0 Å². The maximum atomic E-state index is 13.6. The average Bonchev–Trinajstić information content (AvgIpc) is 3.60. The number of sulfone groups is 2. The molecule has 0 spiro atoms. The summed E-state index contributed by atoms with van der Waals surface area (Å²) in [5.74, 6) is 0.101. The van der Waals surface area contributed by atoms with E-state index in [4.69, 9.17) is 33.3 Å². The van der Waals surface area contributed by atoms with Gasteiger partial charge in [0, 0.05) is 57.1 Å². The number of nitrogens with zero attached hydrogens (tertiary/aromatic N) is 6. The van der Waals surface area contributed by atoms with E-state index in [0.717, 1.165) is 24.1 Å². The first-order chi connectivity index (χ1) is 22.7. The van der Waals surface area contributed by atoms with Gasteiger partial charge in [-0.15, -0.1) is 5.10 Å². The van der Waals surface area contributed by atoms with Crippen molar-refractivity contribution in [2.45, 2.75) is 28.9 Å². The second kappa shape index (κ2) is 12.1. The van der Waals surface area contributed by atoms with E-state index in [1.807, 2.05) is 29.2 Å². The van der Waals surface area contributed by atoms with Crippen molar-refractivity contribution < 1.29 is 21.6 Å². The Kier molecular flexibility index (Phi) is 8.27. The van der Waals surface area contributed by atoms with E-state index in [1.54, 1.807) is 25.4 Å². The molecule has 0 N–H and O–H groups in total. The van der Waals surface area contributed by atoms with Gasteiger partial charge in [-0.3, -0.25) is 4.98 Å².